The summed E-state index contributed by atoms with van der Waals surface area (Å²) in [7, 11) is 3.97. The fraction of sp³-hybridized carbons (Fsp3) is 0.375. The topological polar surface area (TPSA) is 78.4 Å². The van der Waals surface area contributed by atoms with E-state index in [-0.39, 0.29) is 23.5 Å². The summed E-state index contributed by atoms with van der Waals surface area (Å²) in [6, 6.07) is 17.1. The summed E-state index contributed by atoms with van der Waals surface area (Å²) in [6.07, 6.45) is 6.78. The predicted octanol–water partition coefficient (Wildman–Crippen LogP) is 5.95. The highest BCUT2D eigenvalue weighted by Gasteiger charge is 2.36. The summed E-state index contributed by atoms with van der Waals surface area (Å²) >= 11 is 1.32. The van der Waals surface area contributed by atoms with Crippen molar-refractivity contribution in [2.75, 3.05) is 30.1 Å². The fourth-order valence-corrected chi connectivity index (χ4v) is 5.89. The van der Waals surface area contributed by atoms with E-state index in [4.69, 9.17) is 0 Å². The molecule has 7 nitrogen and oxygen atoms in total. The van der Waals surface area contributed by atoms with Gasteiger partial charge >= 0.3 is 0 Å². The van der Waals surface area contributed by atoms with Crippen LogP contribution in [0.15, 0.2) is 71.9 Å². The van der Waals surface area contributed by atoms with E-state index in [1.54, 1.807) is 4.90 Å². The molecule has 3 aromatic rings. The molecule has 0 spiro atoms. The van der Waals surface area contributed by atoms with Gasteiger partial charge in [0.2, 0.25) is 11.8 Å². The summed E-state index contributed by atoms with van der Waals surface area (Å²) in [6.45, 7) is 6.25. The second-order valence-electron chi connectivity index (χ2n) is 10.6. The van der Waals surface area contributed by atoms with E-state index in [0.717, 1.165) is 47.5 Å². The van der Waals surface area contributed by atoms with Gasteiger partial charge in [0.25, 0.3) is 0 Å². The largest absolute Gasteiger partial charge is 0.378 e. The van der Waals surface area contributed by atoms with Crippen molar-refractivity contribution in [3.8, 4) is 0 Å². The molecule has 2 aromatic carbocycles. The van der Waals surface area contributed by atoms with Crippen LogP contribution < -0.4 is 10.2 Å². The molecule has 2 atom stereocenters. The number of hydrogen-bond acceptors (Lipinski definition) is 6. The molecule has 4 rings (SSSR count). The minimum Gasteiger partial charge on any atom is -0.378 e. The van der Waals surface area contributed by atoms with E-state index in [2.05, 4.69) is 27.4 Å². The number of anilines is 2. The van der Waals surface area contributed by atoms with Crippen molar-refractivity contribution in [3.05, 3.63) is 89.3 Å². The molecule has 2 amide bonds. The Kier molecular flexibility index (Phi) is 9.98. The van der Waals surface area contributed by atoms with Crippen LogP contribution in [0.2, 0.25) is 0 Å². The number of amides is 2. The smallest absolute Gasteiger partial charge is 0.247 e. The van der Waals surface area contributed by atoms with Crippen molar-refractivity contribution >= 4 is 35.0 Å². The maximum Gasteiger partial charge on any atom is 0.247 e. The van der Waals surface area contributed by atoms with Gasteiger partial charge in [0, 0.05) is 43.4 Å². The number of nitrogens with zero attached hydrogens (tertiary/aromatic N) is 4. The Labute approximate surface area is 242 Å². The van der Waals surface area contributed by atoms with Crippen LogP contribution in [0, 0.1) is 26.7 Å². The van der Waals surface area contributed by atoms with E-state index in [1.807, 2.05) is 94.4 Å². The molecule has 0 saturated carbocycles. The molecule has 8 heteroatoms. The van der Waals surface area contributed by atoms with Gasteiger partial charge in [0.1, 0.15) is 6.04 Å². The Morgan fingerprint density at radius 3 is 2.33 bits per heavy atom. The van der Waals surface area contributed by atoms with Crippen LogP contribution in [0.3, 0.4) is 0 Å². The molecule has 0 radical (unpaired) electrons. The third-order valence-corrected chi connectivity index (χ3v) is 8.05. The Morgan fingerprint density at radius 1 is 1.00 bits per heavy atom. The van der Waals surface area contributed by atoms with Crippen molar-refractivity contribution in [2.24, 2.45) is 5.92 Å². The van der Waals surface area contributed by atoms with E-state index < -0.39 is 6.04 Å². The molecule has 0 aliphatic heterocycles. The van der Waals surface area contributed by atoms with Crippen molar-refractivity contribution in [1.82, 2.24) is 14.9 Å². The molecule has 0 unspecified atom stereocenters. The molecule has 1 heterocycles. The third-order valence-electron chi connectivity index (χ3n) is 7.22. The number of carbonyl (C=O) groups excluding carboxylic acids is 2. The summed E-state index contributed by atoms with van der Waals surface area (Å²) < 4.78 is 0. The van der Waals surface area contributed by atoms with Crippen LogP contribution >= 0.6 is 11.8 Å². The van der Waals surface area contributed by atoms with E-state index in [0.29, 0.717) is 17.4 Å². The SMILES string of the molecule is Cc1cc(C)nc(SCC(=O)N(Cc2ccccc2C)[C@H](C(=O)Nc2ccc(N(C)C)cc2)[C@H]2CC=CCC2)n1. The molecule has 1 aliphatic rings. The van der Waals surface area contributed by atoms with Crippen LogP contribution in [0.4, 0.5) is 11.4 Å². The molecule has 210 valence electrons. The predicted molar refractivity (Wildman–Crippen MR) is 164 cm³/mol. The van der Waals surface area contributed by atoms with Gasteiger partial charge < -0.3 is 15.1 Å². The summed E-state index contributed by atoms with van der Waals surface area (Å²) in [5, 5.41) is 3.70. The first-order valence-corrected chi connectivity index (χ1v) is 14.7. The fourth-order valence-electron chi connectivity index (χ4n) is 5.05. The molecule has 1 aliphatic carbocycles. The Morgan fingerprint density at radius 2 is 1.70 bits per heavy atom. The van der Waals surface area contributed by atoms with E-state index in [9.17, 15) is 9.59 Å². The third kappa shape index (κ3) is 7.72. The number of nitrogens with one attached hydrogen (secondary N) is 1. The molecule has 0 fully saturated rings. The van der Waals surface area contributed by atoms with E-state index >= 15 is 0 Å². The van der Waals surface area contributed by atoms with E-state index in [1.165, 1.54) is 11.8 Å². The molecule has 1 N–H and O–H groups in total. The number of thioether (sulfide) groups is 1. The standard InChI is InChI=1S/C32H39N5O2S/c1-22-11-9-10-14-26(22)20-37(29(38)21-40-32-33-23(2)19-24(3)34-32)30(25-12-7-6-8-13-25)31(39)35-27-15-17-28(18-16-27)36(4)5/h6-7,9-11,14-19,25,30H,8,12-13,20-21H2,1-5H3,(H,35,39)/t25-,30-/m0/s1. The molecule has 0 saturated heterocycles. The number of aryl methyl sites for hydroxylation is 3. The van der Waals surface area contributed by atoms with Crippen molar-refractivity contribution < 1.29 is 9.59 Å². The molecular weight excluding hydrogens is 518 g/mol. The highest BCUT2D eigenvalue weighted by molar-refractivity contribution is 7.99. The van der Waals surface area contributed by atoms with Gasteiger partial charge in [-0.05, 0) is 87.4 Å². The van der Waals surface area contributed by atoms with Crippen LogP contribution in [0.1, 0.15) is 41.8 Å². The highest BCUT2D eigenvalue weighted by atomic mass is 32.2. The van der Waals surface area contributed by atoms with Gasteiger partial charge in [-0.3, -0.25) is 9.59 Å². The number of rotatable bonds is 10. The molecule has 0 bridgehead atoms. The Hall–Kier alpha value is -3.65. The van der Waals surface area contributed by atoms with Crippen LogP contribution in [0.25, 0.3) is 0 Å². The van der Waals surface area contributed by atoms with Crippen LogP contribution in [-0.4, -0.2) is 52.6 Å². The maximum absolute atomic E-state index is 14.0. The quantitative estimate of drug-likeness (QED) is 0.189. The first-order chi connectivity index (χ1) is 19.2. The lowest BCUT2D eigenvalue weighted by molar-refractivity contribution is -0.139. The normalized spacial score (nSPS) is 15.4. The first-order valence-electron chi connectivity index (χ1n) is 13.7. The van der Waals surface area contributed by atoms with Crippen molar-refractivity contribution in [3.63, 3.8) is 0 Å². The van der Waals surface area contributed by atoms with Crippen LogP contribution in [-0.2, 0) is 16.1 Å². The summed E-state index contributed by atoms with van der Waals surface area (Å²) in [4.78, 5) is 40.8. The van der Waals surface area contributed by atoms with Gasteiger partial charge in [-0.1, -0.05) is 48.2 Å². The average Bonchev–Trinajstić information content (AvgIpc) is 2.93. The van der Waals surface area contributed by atoms with Crippen molar-refractivity contribution in [2.45, 2.75) is 57.8 Å². The lowest BCUT2D eigenvalue weighted by atomic mass is 9.85. The van der Waals surface area contributed by atoms with Gasteiger partial charge in [-0.25, -0.2) is 9.97 Å². The number of carbonyl (C=O) groups is 2. The molecular formula is C32H39N5O2S. The van der Waals surface area contributed by atoms with Gasteiger partial charge in [-0.2, -0.15) is 0 Å². The minimum atomic E-state index is -0.619. The zero-order chi connectivity index (χ0) is 28.6. The number of benzene rings is 2. The second kappa shape index (κ2) is 13.6. The first kappa shape index (κ1) is 29.3. The lowest BCUT2D eigenvalue weighted by Crippen LogP contribution is -2.52. The summed E-state index contributed by atoms with van der Waals surface area (Å²) in [5.74, 6) is -0.0961. The Bertz CT molecular complexity index is 1340. The zero-order valence-electron chi connectivity index (χ0n) is 24.1. The molecule has 40 heavy (non-hydrogen) atoms. The Balaban J connectivity index is 1.65. The van der Waals surface area contributed by atoms with Gasteiger partial charge in [-0.15, -0.1) is 0 Å². The zero-order valence-corrected chi connectivity index (χ0v) is 24.9. The maximum atomic E-state index is 14.0. The minimum absolute atomic E-state index is 0.0153. The number of hydrogen-bond donors (Lipinski definition) is 1. The average molecular weight is 558 g/mol. The lowest BCUT2D eigenvalue weighted by Gasteiger charge is -2.37. The highest BCUT2D eigenvalue weighted by Crippen LogP contribution is 2.29. The molecule has 1 aromatic heterocycles. The van der Waals surface area contributed by atoms with Gasteiger partial charge in [0.05, 0.1) is 5.75 Å². The van der Waals surface area contributed by atoms with Gasteiger partial charge in [0.15, 0.2) is 5.16 Å². The number of allylic oxidation sites excluding steroid dienone is 2. The monoisotopic (exact) mass is 557 g/mol. The van der Waals surface area contributed by atoms with Crippen molar-refractivity contribution in [1.29, 1.82) is 0 Å². The second-order valence-corrected chi connectivity index (χ2v) is 11.5. The number of aromatic nitrogens is 2. The summed E-state index contributed by atoms with van der Waals surface area (Å²) in [5.41, 5.74) is 5.62. The van der Waals surface area contributed by atoms with Crippen LogP contribution in [0.5, 0.6) is 0 Å².